The van der Waals surface area contributed by atoms with E-state index < -0.39 is 0 Å². The Morgan fingerprint density at radius 2 is 2.05 bits per heavy atom. The molecule has 4 nitrogen and oxygen atoms in total. The van der Waals surface area contributed by atoms with Crippen LogP contribution in [-0.4, -0.2) is 25.7 Å². The number of amides is 1. The van der Waals surface area contributed by atoms with Crippen molar-refractivity contribution in [3.05, 3.63) is 29.8 Å². The topological polar surface area (TPSA) is 50.4 Å². The summed E-state index contributed by atoms with van der Waals surface area (Å²) in [6, 6.07) is 8.50. The summed E-state index contributed by atoms with van der Waals surface area (Å²) < 4.78 is 5.52. The summed E-state index contributed by atoms with van der Waals surface area (Å²) in [4.78, 5) is 11.7. The molecule has 2 atom stereocenters. The normalized spacial score (nSPS) is 23.0. The molecule has 1 aliphatic heterocycles. The zero-order valence-electron chi connectivity index (χ0n) is 13.3. The van der Waals surface area contributed by atoms with Gasteiger partial charge in [-0.05, 0) is 56.2 Å². The van der Waals surface area contributed by atoms with E-state index in [0.717, 1.165) is 38.3 Å². The van der Waals surface area contributed by atoms with Gasteiger partial charge in [-0.2, -0.15) is 0 Å². The van der Waals surface area contributed by atoms with E-state index in [1.54, 1.807) is 0 Å². The van der Waals surface area contributed by atoms with Crippen molar-refractivity contribution in [3.63, 3.8) is 0 Å². The van der Waals surface area contributed by atoms with Gasteiger partial charge in [-0.15, -0.1) is 0 Å². The molecule has 0 spiro atoms. The van der Waals surface area contributed by atoms with Gasteiger partial charge in [0.1, 0.15) is 0 Å². The summed E-state index contributed by atoms with van der Waals surface area (Å²) in [6.45, 7) is 4.98. The predicted molar refractivity (Wildman–Crippen MR) is 87.8 cm³/mol. The Bertz CT molecular complexity index is 490. The second-order valence-electron chi connectivity index (χ2n) is 6.60. The van der Waals surface area contributed by atoms with Crippen molar-refractivity contribution in [2.24, 2.45) is 11.8 Å². The van der Waals surface area contributed by atoms with Crippen molar-refractivity contribution in [2.75, 3.05) is 25.1 Å². The molecule has 2 N–H and O–H groups in total. The maximum Gasteiger partial charge on any atom is 0.227 e. The number of rotatable bonds is 6. The van der Waals surface area contributed by atoms with Crippen LogP contribution in [0.3, 0.4) is 0 Å². The van der Waals surface area contributed by atoms with Gasteiger partial charge in [0.05, 0.1) is 6.61 Å². The minimum absolute atomic E-state index is 0.163. The lowest BCUT2D eigenvalue weighted by Gasteiger charge is -2.24. The molecular formula is C18H26N2O2. The van der Waals surface area contributed by atoms with E-state index in [-0.39, 0.29) is 11.8 Å². The number of carbonyl (C=O) groups is 1. The van der Waals surface area contributed by atoms with Crippen molar-refractivity contribution in [3.8, 4) is 0 Å². The molecule has 1 aromatic carbocycles. The Balaban J connectivity index is 1.47. The zero-order valence-corrected chi connectivity index (χ0v) is 13.3. The van der Waals surface area contributed by atoms with Crippen LogP contribution in [0.15, 0.2) is 24.3 Å². The number of nitrogens with one attached hydrogen (secondary N) is 2. The molecule has 22 heavy (non-hydrogen) atoms. The zero-order chi connectivity index (χ0) is 15.4. The fraction of sp³-hybridized carbons (Fsp3) is 0.611. The maximum absolute atomic E-state index is 11.7. The number of benzene rings is 1. The molecule has 0 bridgehead atoms. The van der Waals surface area contributed by atoms with Gasteiger partial charge >= 0.3 is 0 Å². The average molecular weight is 302 g/mol. The number of hydrogen-bond acceptors (Lipinski definition) is 3. The molecular weight excluding hydrogens is 276 g/mol. The van der Waals surface area contributed by atoms with Crippen LogP contribution >= 0.6 is 0 Å². The van der Waals surface area contributed by atoms with Crippen LogP contribution in [0.4, 0.5) is 5.69 Å². The molecule has 0 unspecified atom stereocenters. The summed E-state index contributed by atoms with van der Waals surface area (Å²) in [5.74, 6) is 1.04. The van der Waals surface area contributed by atoms with Crippen LogP contribution in [0.25, 0.3) is 0 Å². The highest BCUT2D eigenvalue weighted by Crippen LogP contribution is 2.30. The minimum Gasteiger partial charge on any atom is -0.381 e. The first-order chi connectivity index (χ1) is 10.7. The highest BCUT2D eigenvalue weighted by molar-refractivity contribution is 5.93. The first kappa shape index (κ1) is 15.5. The number of anilines is 1. The Morgan fingerprint density at radius 1 is 1.27 bits per heavy atom. The quantitative estimate of drug-likeness (QED) is 0.849. The highest BCUT2D eigenvalue weighted by atomic mass is 16.5. The molecule has 0 aromatic heterocycles. The van der Waals surface area contributed by atoms with Gasteiger partial charge in [0, 0.05) is 30.8 Å². The Labute approximate surface area is 132 Å². The summed E-state index contributed by atoms with van der Waals surface area (Å²) in [7, 11) is 0. The molecule has 2 fully saturated rings. The lowest BCUT2D eigenvalue weighted by molar-refractivity contribution is -0.117. The van der Waals surface area contributed by atoms with Crippen molar-refractivity contribution in [1.82, 2.24) is 5.32 Å². The Hall–Kier alpha value is -1.39. The van der Waals surface area contributed by atoms with Crippen molar-refractivity contribution in [1.29, 1.82) is 0 Å². The van der Waals surface area contributed by atoms with Crippen LogP contribution in [0, 0.1) is 11.8 Å². The molecule has 3 rings (SSSR count). The Morgan fingerprint density at radius 3 is 2.68 bits per heavy atom. The van der Waals surface area contributed by atoms with Crippen LogP contribution in [-0.2, 0) is 9.53 Å². The average Bonchev–Trinajstić information content (AvgIpc) is 3.39. The first-order valence-electron chi connectivity index (χ1n) is 8.44. The lowest BCUT2D eigenvalue weighted by Crippen LogP contribution is -2.30. The second kappa shape index (κ2) is 7.25. The summed E-state index contributed by atoms with van der Waals surface area (Å²) in [5.41, 5.74) is 2.15. The predicted octanol–water partition coefficient (Wildman–Crippen LogP) is 3.11. The first-order valence-corrected chi connectivity index (χ1v) is 8.44. The monoisotopic (exact) mass is 302 g/mol. The minimum atomic E-state index is 0.163. The van der Waals surface area contributed by atoms with E-state index in [1.807, 2.05) is 12.1 Å². The van der Waals surface area contributed by atoms with Gasteiger partial charge in [0.25, 0.3) is 0 Å². The van der Waals surface area contributed by atoms with Gasteiger partial charge in [-0.3, -0.25) is 4.79 Å². The molecule has 1 amide bonds. The molecule has 1 aromatic rings. The molecule has 0 radical (unpaired) electrons. The molecule has 2 aliphatic rings. The van der Waals surface area contributed by atoms with E-state index in [9.17, 15) is 4.79 Å². The van der Waals surface area contributed by atoms with Crippen LogP contribution < -0.4 is 10.6 Å². The fourth-order valence-electron chi connectivity index (χ4n) is 2.87. The van der Waals surface area contributed by atoms with E-state index >= 15 is 0 Å². The van der Waals surface area contributed by atoms with Crippen LogP contribution in [0.1, 0.15) is 44.2 Å². The largest absolute Gasteiger partial charge is 0.381 e. The summed E-state index contributed by atoms with van der Waals surface area (Å²) >= 11 is 0. The van der Waals surface area contributed by atoms with Crippen molar-refractivity contribution < 1.29 is 9.53 Å². The van der Waals surface area contributed by atoms with Crippen LogP contribution in [0.2, 0.25) is 0 Å². The summed E-state index contributed by atoms with van der Waals surface area (Å²) in [5, 5.41) is 6.57. The van der Waals surface area contributed by atoms with Gasteiger partial charge in [-0.25, -0.2) is 0 Å². The highest BCUT2D eigenvalue weighted by Gasteiger charge is 2.29. The third-order valence-corrected chi connectivity index (χ3v) is 4.59. The van der Waals surface area contributed by atoms with E-state index in [0.29, 0.717) is 12.0 Å². The third-order valence-electron chi connectivity index (χ3n) is 4.59. The smallest absolute Gasteiger partial charge is 0.227 e. The van der Waals surface area contributed by atoms with Gasteiger partial charge in [0.15, 0.2) is 0 Å². The van der Waals surface area contributed by atoms with Crippen LogP contribution in [0.5, 0.6) is 0 Å². The number of hydrogen-bond donors (Lipinski definition) is 2. The SMILES string of the molecule is C[C@@H](NC[C@@H]1CCCOC1)c1ccc(NC(=O)C2CC2)cc1. The maximum atomic E-state index is 11.7. The van der Waals surface area contributed by atoms with Crippen molar-refractivity contribution >= 4 is 11.6 Å². The lowest BCUT2D eigenvalue weighted by atomic mass is 10.0. The van der Waals surface area contributed by atoms with E-state index in [4.69, 9.17) is 4.74 Å². The van der Waals surface area contributed by atoms with E-state index in [2.05, 4.69) is 29.7 Å². The summed E-state index contributed by atoms with van der Waals surface area (Å²) in [6.07, 6.45) is 4.51. The molecule has 1 saturated heterocycles. The second-order valence-corrected chi connectivity index (χ2v) is 6.60. The van der Waals surface area contributed by atoms with Crippen molar-refractivity contribution in [2.45, 2.75) is 38.6 Å². The number of ether oxygens (including phenoxy) is 1. The fourth-order valence-corrected chi connectivity index (χ4v) is 2.87. The van der Waals surface area contributed by atoms with Gasteiger partial charge in [0.2, 0.25) is 5.91 Å². The number of carbonyl (C=O) groups excluding carboxylic acids is 1. The molecule has 1 heterocycles. The van der Waals surface area contributed by atoms with Gasteiger partial charge in [-0.1, -0.05) is 12.1 Å². The third kappa shape index (κ3) is 4.31. The molecule has 120 valence electrons. The molecule has 4 heteroatoms. The molecule has 1 saturated carbocycles. The van der Waals surface area contributed by atoms with Gasteiger partial charge < -0.3 is 15.4 Å². The molecule has 1 aliphatic carbocycles. The standard InChI is InChI=1S/C18H26N2O2/c1-13(19-11-14-3-2-10-22-12-14)15-6-8-17(9-7-15)20-18(21)16-4-5-16/h6-9,13-14,16,19H,2-5,10-12H2,1H3,(H,20,21)/t13-,14+/m1/s1. The van der Waals surface area contributed by atoms with E-state index in [1.165, 1.54) is 18.4 Å². The Kier molecular flexibility index (Phi) is 5.11.